The van der Waals surface area contributed by atoms with Crippen LogP contribution in [-0.2, 0) is 22.3 Å². The molecule has 2 heterocycles. The monoisotopic (exact) mass is 492 g/mol. The standard InChI is InChI=1S/C24H27F3N4O2S/c1-4-5-9-20-16(2)28-21(15-31-10-12-33-13-11-31)30-23(20)34-17(3)22(32)29-19-8-6-7-18(14-19)24(25,26)27/h4-9,14,17H,1,10-13,15H2,2-3H3,(H,29,32)/b9-5-. The number of nitrogens with one attached hydrogen (secondary N) is 1. The molecule has 1 N–H and O–H groups in total. The minimum Gasteiger partial charge on any atom is -0.379 e. The first-order chi connectivity index (χ1) is 16.2. The van der Waals surface area contributed by atoms with Gasteiger partial charge in [-0.25, -0.2) is 9.97 Å². The third-order valence-electron chi connectivity index (χ3n) is 5.13. The molecule has 10 heteroatoms. The smallest absolute Gasteiger partial charge is 0.379 e. The summed E-state index contributed by atoms with van der Waals surface area (Å²) in [6.45, 7) is 10.7. The van der Waals surface area contributed by atoms with Crippen molar-refractivity contribution in [1.29, 1.82) is 0 Å². The van der Waals surface area contributed by atoms with Gasteiger partial charge < -0.3 is 10.1 Å². The topological polar surface area (TPSA) is 67.3 Å². The number of morpholine rings is 1. The summed E-state index contributed by atoms with van der Waals surface area (Å²) in [4.78, 5) is 24.3. The molecule has 0 saturated carbocycles. The highest BCUT2D eigenvalue weighted by Crippen LogP contribution is 2.32. The van der Waals surface area contributed by atoms with E-state index >= 15 is 0 Å². The second kappa shape index (κ2) is 11.6. The Bertz CT molecular complexity index is 1050. The molecule has 6 nitrogen and oxygen atoms in total. The van der Waals surface area contributed by atoms with Crippen LogP contribution in [0.15, 0.2) is 48.0 Å². The van der Waals surface area contributed by atoms with E-state index in [1.807, 2.05) is 13.0 Å². The Balaban J connectivity index is 1.79. The van der Waals surface area contributed by atoms with E-state index in [1.54, 1.807) is 19.1 Å². The lowest BCUT2D eigenvalue weighted by Gasteiger charge is -2.26. The van der Waals surface area contributed by atoms with Gasteiger partial charge in [0.2, 0.25) is 5.91 Å². The molecule has 0 aliphatic carbocycles. The number of anilines is 1. The Morgan fingerprint density at radius 1 is 1.32 bits per heavy atom. The number of aryl methyl sites for hydroxylation is 1. The minimum absolute atomic E-state index is 0.0888. The lowest BCUT2D eigenvalue weighted by molar-refractivity contribution is -0.137. The fourth-order valence-corrected chi connectivity index (χ4v) is 4.33. The van der Waals surface area contributed by atoms with Crippen LogP contribution in [0.25, 0.3) is 6.08 Å². The van der Waals surface area contributed by atoms with Crippen LogP contribution in [0, 0.1) is 6.92 Å². The Kier molecular flexibility index (Phi) is 8.87. The van der Waals surface area contributed by atoms with E-state index in [-0.39, 0.29) is 5.69 Å². The predicted octanol–water partition coefficient (Wildman–Crippen LogP) is 4.95. The van der Waals surface area contributed by atoms with Gasteiger partial charge >= 0.3 is 6.18 Å². The molecule has 1 saturated heterocycles. The van der Waals surface area contributed by atoms with Crippen molar-refractivity contribution in [3.8, 4) is 0 Å². The number of benzene rings is 1. The third-order valence-corrected chi connectivity index (χ3v) is 6.23. The fraction of sp³-hybridized carbons (Fsp3) is 0.375. The highest BCUT2D eigenvalue weighted by atomic mass is 32.2. The van der Waals surface area contributed by atoms with Gasteiger partial charge in [0.1, 0.15) is 10.9 Å². The number of carbonyl (C=O) groups is 1. The maximum atomic E-state index is 13.0. The minimum atomic E-state index is -4.48. The molecule has 1 unspecified atom stereocenters. The molecule has 1 amide bonds. The predicted molar refractivity (Wildman–Crippen MR) is 127 cm³/mol. The maximum absolute atomic E-state index is 13.0. The van der Waals surface area contributed by atoms with Crippen LogP contribution >= 0.6 is 11.8 Å². The van der Waals surface area contributed by atoms with Gasteiger partial charge in [-0.3, -0.25) is 9.69 Å². The van der Waals surface area contributed by atoms with Crippen molar-refractivity contribution in [3.63, 3.8) is 0 Å². The van der Waals surface area contributed by atoms with Gasteiger partial charge in [0.05, 0.1) is 30.6 Å². The van der Waals surface area contributed by atoms with Crippen LogP contribution in [0.2, 0.25) is 0 Å². The van der Waals surface area contributed by atoms with Gasteiger partial charge in [-0.2, -0.15) is 13.2 Å². The van der Waals surface area contributed by atoms with Crippen molar-refractivity contribution in [2.45, 2.75) is 36.8 Å². The number of ether oxygens (including phenoxy) is 1. The van der Waals surface area contributed by atoms with Crippen LogP contribution in [0.5, 0.6) is 0 Å². The van der Waals surface area contributed by atoms with E-state index in [9.17, 15) is 18.0 Å². The number of halogens is 3. The molecule has 1 atom stereocenters. The Labute approximate surface area is 201 Å². The molecular weight excluding hydrogens is 465 g/mol. The molecule has 3 rings (SSSR count). The number of allylic oxidation sites excluding steroid dienone is 2. The van der Waals surface area contributed by atoms with Gasteiger partial charge in [-0.05, 0) is 32.0 Å². The normalized spacial score (nSPS) is 15.9. The zero-order valence-electron chi connectivity index (χ0n) is 19.1. The zero-order valence-corrected chi connectivity index (χ0v) is 19.9. The number of alkyl halides is 3. The summed E-state index contributed by atoms with van der Waals surface area (Å²) >= 11 is 1.23. The van der Waals surface area contributed by atoms with E-state index in [2.05, 4.69) is 21.8 Å². The summed E-state index contributed by atoms with van der Waals surface area (Å²) in [6.07, 6.45) is 0.757. The van der Waals surface area contributed by atoms with E-state index in [1.165, 1.54) is 23.9 Å². The Morgan fingerprint density at radius 3 is 2.74 bits per heavy atom. The first-order valence-electron chi connectivity index (χ1n) is 10.8. The number of rotatable bonds is 8. The number of aromatic nitrogens is 2. The highest BCUT2D eigenvalue weighted by molar-refractivity contribution is 8.00. The summed E-state index contributed by atoms with van der Waals surface area (Å²) in [5, 5.41) is 2.58. The highest BCUT2D eigenvalue weighted by Gasteiger charge is 2.30. The molecule has 0 spiro atoms. The van der Waals surface area contributed by atoms with Crippen molar-refractivity contribution in [3.05, 3.63) is 65.6 Å². The van der Waals surface area contributed by atoms with Crippen LogP contribution in [0.3, 0.4) is 0 Å². The molecular formula is C24H27F3N4O2S. The fourth-order valence-electron chi connectivity index (χ4n) is 3.33. The van der Waals surface area contributed by atoms with Crippen molar-refractivity contribution in [2.24, 2.45) is 0 Å². The lowest BCUT2D eigenvalue weighted by atomic mass is 10.2. The van der Waals surface area contributed by atoms with Crippen molar-refractivity contribution < 1.29 is 22.7 Å². The average Bonchev–Trinajstić information content (AvgIpc) is 2.79. The van der Waals surface area contributed by atoms with Crippen LogP contribution < -0.4 is 5.32 Å². The summed E-state index contributed by atoms with van der Waals surface area (Å²) in [5.41, 5.74) is 0.811. The molecule has 1 aliphatic heterocycles. The van der Waals surface area contributed by atoms with Crippen LogP contribution in [0.4, 0.5) is 18.9 Å². The third kappa shape index (κ3) is 7.15. The van der Waals surface area contributed by atoms with Crippen LogP contribution in [0.1, 0.15) is 29.6 Å². The summed E-state index contributed by atoms with van der Waals surface area (Å²) in [5.74, 6) is 0.220. The molecule has 0 bridgehead atoms. The molecule has 1 aromatic carbocycles. The van der Waals surface area contributed by atoms with Crippen molar-refractivity contribution in [1.82, 2.24) is 14.9 Å². The Hall–Kier alpha value is -2.69. The molecule has 1 fully saturated rings. The number of nitrogens with zero attached hydrogens (tertiary/aromatic N) is 3. The van der Waals surface area contributed by atoms with E-state index in [0.29, 0.717) is 30.6 Å². The van der Waals surface area contributed by atoms with Crippen LogP contribution in [-0.4, -0.2) is 52.3 Å². The first kappa shape index (κ1) is 25.9. The van der Waals surface area contributed by atoms with Gasteiger partial charge in [0.25, 0.3) is 0 Å². The molecule has 0 radical (unpaired) electrons. The maximum Gasteiger partial charge on any atom is 0.416 e. The summed E-state index contributed by atoms with van der Waals surface area (Å²) in [6, 6.07) is 4.58. The van der Waals surface area contributed by atoms with E-state index in [0.717, 1.165) is 36.5 Å². The van der Waals surface area contributed by atoms with Crippen molar-refractivity contribution in [2.75, 3.05) is 31.6 Å². The summed E-state index contributed by atoms with van der Waals surface area (Å²) in [7, 11) is 0. The van der Waals surface area contributed by atoms with Gasteiger partial charge in [-0.1, -0.05) is 42.6 Å². The largest absolute Gasteiger partial charge is 0.416 e. The van der Waals surface area contributed by atoms with Gasteiger partial charge in [0, 0.05) is 30.0 Å². The number of hydrogen-bond donors (Lipinski definition) is 1. The first-order valence-corrected chi connectivity index (χ1v) is 11.7. The second-order valence-electron chi connectivity index (χ2n) is 7.76. The zero-order chi connectivity index (χ0) is 24.7. The molecule has 182 valence electrons. The Morgan fingerprint density at radius 2 is 2.06 bits per heavy atom. The average molecular weight is 493 g/mol. The molecule has 1 aromatic heterocycles. The van der Waals surface area contributed by atoms with Gasteiger partial charge in [-0.15, -0.1) is 0 Å². The second-order valence-corrected chi connectivity index (χ2v) is 9.08. The number of hydrogen-bond acceptors (Lipinski definition) is 6. The summed E-state index contributed by atoms with van der Waals surface area (Å²) < 4.78 is 44.3. The quantitative estimate of drug-likeness (QED) is 0.319. The molecule has 1 aliphatic rings. The number of thioether (sulfide) groups is 1. The molecule has 34 heavy (non-hydrogen) atoms. The van der Waals surface area contributed by atoms with Crippen molar-refractivity contribution >= 4 is 29.4 Å². The van der Waals surface area contributed by atoms with E-state index in [4.69, 9.17) is 9.72 Å². The number of carbonyl (C=O) groups excluding carboxylic acids is 1. The molecule has 2 aromatic rings. The van der Waals surface area contributed by atoms with E-state index < -0.39 is 22.9 Å². The number of amides is 1. The SMILES string of the molecule is C=C/C=C\c1c(C)nc(CN2CCOCC2)nc1SC(C)C(=O)Nc1cccc(C(F)(F)F)c1. The van der Waals surface area contributed by atoms with Gasteiger partial charge in [0.15, 0.2) is 0 Å². The lowest BCUT2D eigenvalue weighted by Crippen LogP contribution is -2.36.